The van der Waals surface area contributed by atoms with Gasteiger partial charge in [0.2, 0.25) is 11.8 Å². The average molecular weight is 247 g/mol. The molecule has 5 nitrogen and oxygen atoms in total. The molecular weight excluding hydrogens is 230 g/mol. The summed E-state index contributed by atoms with van der Waals surface area (Å²) in [5, 5.41) is 2.78. The van der Waals surface area contributed by atoms with Gasteiger partial charge in [-0.05, 0) is 43.9 Å². The summed E-state index contributed by atoms with van der Waals surface area (Å²) < 4.78 is 0. The Morgan fingerprint density at radius 1 is 1.33 bits per heavy atom. The first-order valence-corrected chi connectivity index (χ1v) is 5.94. The highest BCUT2D eigenvalue weighted by atomic mass is 16.2. The Bertz CT molecular complexity index is 507. The van der Waals surface area contributed by atoms with Crippen LogP contribution in [0, 0.1) is 6.92 Å². The van der Waals surface area contributed by atoms with Crippen LogP contribution in [0.4, 0.5) is 5.69 Å². The van der Waals surface area contributed by atoms with Crippen molar-refractivity contribution in [1.82, 2.24) is 0 Å². The summed E-state index contributed by atoms with van der Waals surface area (Å²) in [5.41, 5.74) is 12.1. The molecule has 1 aromatic carbocycles. The zero-order valence-electron chi connectivity index (χ0n) is 10.3. The molecule has 18 heavy (non-hydrogen) atoms. The Morgan fingerprint density at radius 3 is 2.50 bits per heavy atom. The zero-order chi connectivity index (χ0) is 13.3. The van der Waals surface area contributed by atoms with Crippen molar-refractivity contribution in [2.75, 3.05) is 5.32 Å². The molecule has 0 heterocycles. The third-order valence-corrected chi connectivity index (χ3v) is 3.55. The molecule has 1 aliphatic rings. The quantitative estimate of drug-likeness (QED) is 0.740. The van der Waals surface area contributed by atoms with Gasteiger partial charge < -0.3 is 16.8 Å². The average Bonchev–Trinajstić information content (AvgIpc) is 2.28. The van der Waals surface area contributed by atoms with Crippen molar-refractivity contribution in [3.05, 3.63) is 29.3 Å². The molecule has 1 aliphatic carbocycles. The second kappa shape index (κ2) is 4.42. The van der Waals surface area contributed by atoms with Crippen LogP contribution < -0.4 is 16.8 Å². The molecule has 2 rings (SSSR count). The highest BCUT2D eigenvalue weighted by Gasteiger charge is 2.40. The summed E-state index contributed by atoms with van der Waals surface area (Å²) in [6, 6.07) is 5.06. The van der Waals surface area contributed by atoms with Gasteiger partial charge in [0.1, 0.15) is 0 Å². The van der Waals surface area contributed by atoms with Crippen molar-refractivity contribution in [3.8, 4) is 0 Å². The standard InChI is InChI=1S/C13H17N3O2/c1-8-9(11(14)17)4-2-5-10(8)16-12(18)13(15)6-3-7-13/h2,4-5H,3,6-7,15H2,1H3,(H2,14,17)(H,16,18). The lowest BCUT2D eigenvalue weighted by molar-refractivity contribution is -0.123. The van der Waals surface area contributed by atoms with Gasteiger partial charge in [-0.1, -0.05) is 6.07 Å². The number of hydrogen-bond acceptors (Lipinski definition) is 3. The first-order valence-electron chi connectivity index (χ1n) is 5.94. The highest BCUT2D eigenvalue weighted by Crippen LogP contribution is 2.31. The Morgan fingerprint density at radius 2 is 2.00 bits per heavy atom. The van der Waals surface area contributed by atoms with Crippen LogP contribution in [0.25, 0.3) is 0 Å². The van der Waals surface area contributed by atoms with Crippen LogP contribution >= 0.6 is 0 Å². The predicted octanol–water partition coefficient (Wildman–Crippen LogP) is 0.914. The van der Waals surface area contributed by atoms with E-state index in [0.717, 1.165) is 6.42 Å². The monoisotopic (exact) mass is 247 g/mol. The fraction of sp³-hybridized carbons (Fsp3) is 0.385. The normalized spacial score (nSPS) is 16.8. The Hall–Kier alpha value is -1.88. The van der Waals surface area contributed by atoms with Gasteiger partial charge in [-0.2, -0.15) is 0 Å². The maximum atomic E-state index is 12.0. The summed E-state index contributed by atoms with van der Waals surface area (Å²) in [7, 11) is 0. The van der Waals surface area contributed by atoms with E-state index in [0.29, 0.717) is 29.7 Å². The lowest BCUT2D eigenvalue weighted by Gasteiger charge is -2.36. The number of nitrogens with one attached hydrogen (secondary N) is 1. The van der Waals surface area contributed by atoms with Crippen molar-refractivity contribution >= 4 is 17.5 Å². The van der Waals surface area contributed by atoms with Crippen LogP contribution in [-0.2, 0) is 4.79 Å². The largest absolute Gasteiger partial charge is 0.366 e. The molecule has 5 N–H and O–H groups in total. The fourth-order valence-electron chi connectivity index (χ4n) is 2.07. The van der Waals surface area contributed by atoms with Crippen molar-refractivity contribution in [2.45, 2.75) is 31.7 Å². The van der Waals surface area contributed by atoms with E-state index in [9.17, 15) is 9.59 Å². The van der Waals surface area contributed by atoms with Crippen LogP contribution in [0.3, 0.4) is 0 Å². The summed E-state index contributed by atoms with van der Waals surface area (Å²) in [6.45, 7) is 1.75. The van der Waals surface area contributed by atoms with Gasteiger partial charge in [-0.25, -0.2) is 0 Å². The number of benzene rings is 1. The van der Waals surface area contributed by atoms with Crippen molar-refractivity contribution in [1.29, 1.82) is 0 Å². The first-order chi connectivity index (χ1) is 8.44. The molecule has 0 aliphatic heterocycles. The topological polar surface area (TPSA) is 98.2 Å². The van der Waals surface area contributed by atoms with Gasteiger partial charge in [0.05, 0.1) is 5.54 Å². The van der Waals surface area contributed by atoms with Crippen molar-refractivity contribution in [3.63, 3.8) is 0 Å². The van der Waals surface area contributed by atoms with Gasteiger partial charge in [0.25, 0.3) is 0 Å². The minimum atomic E-state index is -0.755. The molecule has 0 saturated heterocycles. The molecule has 96 valence electrons. The summed E-state index contributed by atoms with van der Waals surface area (Å²) in [6.07, 6.45) is 2.38. The van der Waals surface area contributed by atoms with Crippen molar-refractivity contribution in [2.24, 2.45) is 11.5 Å². The lowest BCUT2D eigenvalue weighted by atomic mass is 9.77. The molecule has 0 aromatic heterocycles. The summed E-state index contributed by atoms with van der Waals surface area (Å²) in [4.78, 5) is 23.2. The molecule has 0 bridgehead atoms. The fourth-order valence-corrected chi connectivity index (χ4v) is 2.07. The molecule has 0 spiro atoms. The number of carbonyl (C=O) groups is 2. The number of primary amides is 1. The highest BCUT2D eigenvalue weighted by molar-refractivity contribution is 6.01. The zero-order valence-corrected chi connectivity index (χ0v) is 10.3. The van der Waals surface area contributed by atoms with E-state index in [1.807, 2.05) is 0 Å². The molecule has 2 amide bonds. The maximum Gasteiger partial charge on any atom is 0.249 e. The Balaban J connectivity index is 2.22. The second-order valence-electron chi connectivity index (χ2n) is 4.81. The van der Waals surface area contributed by atoms with Crippen LogP contribution in [0.15, 0.2) is 18.2 Å². The van der Waals surface area contributed by atoms with Gasteiger partial charge in [0, 0.05) is 11.3 Å². The van der Waals surface area contributed by atoms with Crippen LogP contribution in [0.5, 0.6) is 0 Å². The maximum absolute atomic E-state index is 12.0. The number of carbonyl (C=O) groups excluding carboxylic acids is 2. The van der Waals surface area contributed by atoms with Crippen LogP contribution in [0.1, 0.15) is 35.2 Å². The number of hydrogen-bond donors (Lipinski definition) is 3. The predicted molar refractivity (Wildman–Crippen MR) is 69.1 cm³/mol. The second-order valence-corrected chi connectivity index (χ2v) is 4.81. The van der Waals surface area contributed by atoms with Gasteiger partial charge in [-0.15, -0.1) is 0 Å². The van der Waals surface area contributed by atoms with Gasteiger partial charge >= 0.3 is 0 Å². The minimum Gasteiger partial charge on any atom is -0.366 e. The number of anilines is 1. The summed E-state index contributed by atoms with van der Waals surface area (Å²) in [5.74, 6) is -0.701. The smallest absolute Gasteiger partial charge is 0.249 e. The third kappa shape index (κ3) is 2.09. The molecule has 1 saturated carbocycles. The van der Waals surface area contributed by atoms with E-state index in [2.05, 4.69) is 5.32 Å². The van der Waals surface area contributed by atoms with E-state index in [1.165, 1.54) is 0 Å². The van der Waals surface area contributed by atoms with Crippen LogP contribution in [0.2, 0.25) is 0 Å². The number of rotatable bonds is 3. The molecule has 5 heteroatoms. The van der Waals surface area contributed by atoms with E-state index < -0.39 is 11.4 Å². The van der Waals surface area contributed by atoms with Crippen LogP contribution in [-0.4, -0.2) is 17.4 Å². The van der Waals surface area contributed by atoms with E-state index in [1.54, 1.807) is 25.1 Å². The molecule has 0 atom stereocenters. The van der Waals surface area contributed by atoms with E-state index in [4.69, 9.17) is 11.5 Å². The molecule has 0 unspecified atom stereocenters. The van der Waals surface area contributed by atoms with Gasteiger partial charge in [-0.3, -0.25) is 9.59 Å². The third-order valence-electron chi connectivity index (χ3n) is 3.55. The summed E-state index contributed by atoms with van der Waals surface area (Å²) >= 11 is 0. The van der Waals surface area contributed by atoms with Crippen molar-refractivity contribution < 1.29 is 9.59 Å². The Kier molecular flexibility index (Phi) is 3.09. The molecule has 0 radical (unpaired) electrons. The van der Waals surface area contributed by atoms with Gasteiger partial charge in [0.15, 0.2) is 0 Å². The number of amides is 2. The molecule has 1 aromatic rings. The lowest BCUT2D eigenvalue weighted by Crippen LogP contribution is -2.56. The molecular formula is C13H17N3O2. The van der Waals surface area contributed by atoms with E-state index >= 15 is 0 Å². The minimum absolute atomic E-state index is 0.196. The number of nitrogens with two attached hydrogens (primary N) is 2. The SMILES string of the molecule is Cc1c(NC(=O)C2(N)CCC2)cccc1C(N)=O. The first kappa shape index (κ1) is 12.6. The molecule has 1 fully saturated rings. The Labute approximate surface area is 106 Å². The van der Waals surface area contributed by atoms with E-state index in [-0.39, 0.29) is 5.91 Å².